The summed E-state index contributed by atoms with van der Waals surface area (Å²) in [5.41, 5.74) is 4.02. The van der Waals surface area contributed by atoms with Gasteiger partial charge in [-0.05, 0) is 88.5 Å². The van der Waals surface area contributed by atoms with E-state index in [1.165, 1.54) is 11.6 Å². The van der Waals surface area contributed by atoms with E-state index in [4.69, 9.17) is 14.3 Å². The van der Waals surface area contributed by atoms with E-state index >= 15 is 0 Å². The van der Waals surface area contributed by atoms with Gasteiger partial charge in [0, 0.05) is 41.0 Å². The number of oxime groups is 1. The molecular weight excluding hydrogens is 487 g/mol. The van der Waals surface area contributed by atoms with Crippen LogP contribution in [0.25, 0.3) is 10.9 Å². The summed E-state index contributed by atoms with van der Waals surface area (Å²) in [5.74, 6) is 0.943. The van der Waals surface area contributed by atoms with Crippen LogP contribution in [0.3, 0.4) is 0 Å². The maximum atomic E-state index is 13.8. The average molecular weight is 521 g/mol. The van der Waals surface area contributed by atoms with Crippen LogP contribution in [0.1, 0.15) is 50.7 Å². The number of amides is 1. The van der Waals surface area contributed by atoms with Crippen LogP contribution < -0.4 is 10.1 Å². The van der Waals surface area contributed by atoms with Gasteiger partial charge in [0.1, 0.15) is 29.5 Å². The molecule has 0 spiro atoms. The first-order valence-electron chi connectivity index (χ1n) is 13.2. The van der Waals surface area contributed by atoms with Crippen molar-refractivity contribution in [2.45, 2.75) is 51.2 Å². The van der Waals surface area contributed by atoms with Gasteiger partial charge in [-0.1, -0.05) is 5.16 Å². The second-order valence-electron chi connectivity index (χ2n) is 11.4. The normalized spacial score (nSPS) is 21.7. The number of halogens is 1. The third kappa shape index (κ3) is 4.95. The molecular formula is C29H33FN4O4. The van der Waals surface area contributed by atoms with E-state index in [-0.39, 0.29) is 17.8 Å². The molecule has 0 saturated carbocycles. The molecule has 3 aliphatic rings. The molecule has 1 fully saturated rings. The highest BCUT2D eigenvalue weighted by Gasteiger charge is 2.41. The first kappa shape index (κ1) is 24.7. The summed E-state index contributed by atoms with van der Waals surface area (Å²) in [6.45, 7) is 8.63. The standard InChI is InChI=1S/C29H33FN4O4/c1-29(2,3)37-28(35)32-19-5-6-20-25(13-19)36-16-23-26(38-33-27(20)23)15-34-10-8-17(9-11-34)22-14-31-24-7-4-18(30)12-21(22)24/h4-7,12-14,17,23,26,31H,8-11,15-16H2,1-3H3,(H,32,35). The number of fused-ring (bicyclic) bond motifs is 4. The minimum Gasteiger partial charge on any atom is -0.492 e. The van der Waals surface area contributed by atoms with Crippen LogP contribution in [0.2, 0.25) is 0 Å². The van der Waals surface area contributed by atoms with Gasteiger partial charge >= 0.3 is 6.09 Å². The molecule has 0 radical (unpaired) electrons. The summed E-state index contributed by atoms with van der Waals surface area (Å²) in [4.78, 5) is 23.8. The molecule has 1 amide bonds. The number of hydrogen-bond donors (Lipinski definition) is 2. The van der Waals surface area contributed by atoms with Gasteiger partial charge in [0.05, 0.1) is 5.92 Å². The maximum Gasteiger partial charge on any atom is 0.412 e. The number of ether oxygens (including phenoxy) is 2. The van der Waals surface area contributed by atoms with Crippen molar-refractivity contribution in [1.82, 2.24) is 9.88 Å². The minimum atomic E-state index is -0.571. The first-order valence-corrected chi connectivity index (χ1v) is 13.2. The van der Waals surface area contributed by atoms with Gasteiger partial charge in [0.2, 0.25) is 0 Å². The number of benzene rings is 2. The second kappa shape index (κ2) is 9.62. The Bertz CT molecular complexity index is 1390. The van der Waals surface area contributed by atoms with E-state index in [1.807, 2.05) is 39.1 Å². The molecule has 2 N–H and O–H groups in total. The van der Waals surface area contributed by atoms with Crippen LogP contribution >= 0.6 is 0 Å². The molecule has 9 heteroatoms. The molecule has 3 aliphatic heterocycles. The van der Waals surface area contributed by atoms with Gasteiger partial charge in [0.25, 0.3) is 0 Å². The Morgan fingerprint density at radius 1 is 1.21 bits per heavy atom. The number of anilines is 1. The summed E-state index contributed by atoms with van der Waals surface area (Å²) in [5, 5.41) is 8.19. The van der Waals surface area contributed by atoms with Crippen LogP contribution in [0.5, 0.6) is 5.75 Å². The zero-order valence-electron chi connectivity index (χ0n) is 21.9. The Morgan fingerprint density at radius 3 is 2.82 bits per heavy atom. The van der Waals surface area contributed by atoms with Crippen LogP contribution in [-0.2, 0) is 9.57 Å². The van der Waals surface area contributed by atoms with Crippen molar-refractivity contribution >= 4 is 28.4 Å². The van der Waals surface area contributed by atoms with Gasteiger partial charge in [-0.3, -0.25) is 10.2 Å². The zero-order chi connectivity index (χ0) is 26.4. The quantitative estimate of drug-likeness (QED) is 0.465. The number of aromatic nitrogens is 1. The predicted octanol–water partition coefficient (Wildman–Crippen LogP) is 5.65. The molecule has 0 bridgehead atoms. The molecule has 2 atom stereocenters. The number of piperidine rings is 1. The van der Waals surface area contributed by atoms with E-state index < -0.39 is 11.7 Å². The smallest absolute Gasteiger partial charge is 0.412 e. The fraction of sp³-hybridized carbons (Fsp3) is 0.448. The number of nitrogens with zero attached hydrogens (tertiary/aromatic N) is 2. The minimum absolute atomic E-state index is 0.0569. The van der Waals surface area contributed by atoms with E-state index in [1.54, 1.807) is 18.2 Å². The molecule has 1 aromatic heterocycles. The molecule has 200 valence electrons. The Hall–Kier alpha value is -3.59. The van der Waals surface area contributed by atoms with Gasteiger partial charge < -0.3 is 19.3 Å². The molecule has 2 unspecified atom stereocenters. The number of H-pyrrole nitrogens is 1. The zero-order valence-corrected chi connectivity index (χ0v) is 21.9. The van der Waals surface area contributed by atoms with Crippen LogP contribution in [0.15, 0.2) is 47.8 Å². The van der Waals surface area contributed by atoms with E-state index in [0.717, 1.165) is 54.7 Å². The van der Waals surface area contributed by atoms with Gasteiger partial charge in [-0.2, -0.15) is 0 Å². The topological polar surface area (TPSA) is 88.2 Å². The van der Waals surface area contributed by atoms with Crippen molar-refractivity contribution < 1.29 is 23.5 Å². The van der Waals surface area contributed by atoms with Gasteiger partial charge in [0.15, 0.2) is 6.10 Å². The Balaban J connectivity index is 1.06. The Labute approximate surface area is 221 Å². The molecule has 4 heterocycles. The third-order valence-corrected chi connectivity index (χ3v) is 7.55. The highest BCUT2D eigenvalue weighted by molar-refractivity contribution is 6.06. The van der Waals surface area contributed by atoms with Gasteiger partial charge in [-0.15, -0.1) is 0 Å². The number of nitrogens with one attached hydrogen (secondary N) is 2. The average Bonchev–Trinajstić information content (AvgIpc) is 3.47. The number of aromatic amines is 1. The lowest BCUT2D eigenvalue weighted by Gasteiger charge is -2.34. The van der Waals surface area contributed by atoms with E-state index in [2.05, 4.69) is 20.4 Å². The fourth-order valence-corrected chi connectivity index (χ4v) is 5.70. The lowest BCUT2D eigenvalue weighted by molar-refractivity contribution is 0.0162. The molecule has 3 aromatic rings. The lowest BCUT2D eigenvalue weighted by atomic mass is 9.87. The number of rotatable bonds is 4. The van der Waals surface area contributed by atoms with Gasteiger partial charge in [-0.25, -0.2) is 9.18 Å². The van der Waals surface area contributed by atoms with Crippen molar-refractivity contribution in [2.75, 3.05) is 31.6 Å². The largest absolute Gasteiger partial charge is 0.492 e. The summed E-state index contributed by atoms with van der Waals surface area (Å²) >= 11 is 0. The summed E-state index contributed by atoms with van der Waals surface area (Å²) < 4.78 is 25.3. The third-order valence-electron chi connectivity index (χ3n) is 7.55. The molecule has 2 aromatic carbocycles. The highest BCUT2D eigenvalue weighted by Crippen LogP contribution is 2.37. The SMILES string of the molecule is CC(C)(C)OC(=O)Nc1ccc2c(c1)OCC1C2=NOC1CN1CCC(c2c[nH]c3ccc(F)cc23)CC1. The summed E-state index contributed by atoms with van der Waals surface area (Å²) in [7, 11) is 0. The number of likely N-dealkylation sites (tertiary alicyclic amines) is 1. The number of carbonyl (C=O) groups excluding carboxylic acids is 1. The van der Waals surface area contributed by atoms with E-state index in [9.17, 15) is 9.18 Å². The lowest BCUT2D eigenvalue weighted by Crippen LogP contribution is -2.43. The highest BCUT2D eigenvalue weighted by atomic mass is 19.1. The predicted molar refractivity (Wildman–Crippen MR) is 143 cm³/mol. The number of hydrogen-bond acceptors (Lipinski definition) is 6. The van der Waals surface area contributed by atoms with Crippen LogP contribution in [0.4, 0.5) is 14.9 Å². The van der Waals surface area contributed by atoms with Crippen molar-refractivity contribution in [1.29, 1.82) is 0 Å². The Morgan fingerprint density at radius 2 is 2.03 bits per heavy atom. The maximum absolute atomic E-state index is 13.8. The first-order chi connectivity index (χ1) is 18.2. The molecule has 1 saturated heterocycles. The van der Waals surface area contributed by atoms with Crippen molar-refractivity contribution in [3.05, 3.63) is 59.5 Å². The summed E-state index contributed by atoms with van der Waals surface area (Å²) in [6.07, 6.45) is 3.49. The Kier molecular flexibility index (Phi) is 6.26. The van der Waals surface area contributed by atoms with Crippen LogP contribution in [-0.4, -0.2) is 59.6 Å². The molecule has 8 nitrogen and oxygen atoms in total. The van der Waals surface area contributed by atoms with Crippen molar-refractivity contribution in [3.8, 4) is 5.75 Å². The monoisotopic (exact) mass is 520 g/mol. The molecule has 6 rings (SSSR count). The summed E-state index contributed by atoms with van der Waals surface area (Å²) in [6, 6.07) is 10.5. The van der Waals surface area contributed by atoms with E-state index in [0.29, 0.717) is 24.0 Å². The fourth-order valence-electron chi connectivity index (χ4n) is 5.70. The second-order valence-corrected chi connectivity index (χ2v) is 11.4. The van der Waals surface area contributed by atoms with Crippen molar-refractivity contribution in [3.63, 3.8) is 0 Å². The molecule has 38 heavy (non-hydrogen) atoms. The van der Waals surface area contributed by atoms with Crippen molar-refractivity contribution in [2.24, 2.45) is 11.1 Å². The number of carbonyl (C=O) groups is 1. The molecule has 0 aliphatic carbocycles. The van der Waals surface area contributed by atoms with Crippen LogP contribution in [0, 0.1) is 11.7 Å².